The lowest BCUT2D eigenvalue weighted by atomic mass is 10.2. The van der Waals surface area contributed by atoms with Crippen molar-refractivity contribution in [1.82, 2.24) is 0 Å². The number of carbonyl (C=O) groups is 2. The monoisotopic (exact) mass is 313 g/mol. The number of anilines is 2. The zero-order valence-corrected chi connectivity index (χ0v) is 12.9. The van der Waals surface area contributed by atoms with Crippen LogP contribution in [0, 0.1) is 0 Å². The van der Waals surface area contributed by atoms with Crippen molar-refractivity contribution in [2.24, 2.45) is 0 Å². The molecule has 1 aliphatic heterocycles. The maximum atomic E-state index is 12.7. The number of fused-ring (bicyclic) bond motifs is 2. The lowest BCUT2D eigenvalue weighted by Gasteiger charge is -2.31. The Bertz CT molecular complexity index is 684. The summed E-state index contributed by atoms with van der Waals surface area (Å²) in [6.45, 7) is 0. The van der Waals surface area contributed by atoms with E-state index in [4.69, 9.17) is 0 Å². The van der Waals surface area contributed by atoms with Gasteiger partial charge in [-0.1, -0.05) is 36.0 Å². The molecule has 5 heteroatoms. The SMILES string of the molecule is COC(=O)CCC(=O)N1c2ccccc2Sc2ccccc21. The Balaban J connectivity index is 1.96. The van der Waals surface area contributed by atoms with Crippen LogP contribution in [0.15, 0.2) is 58.3 Å². The van der Waals surface area contributed by atoms with Crippen molar-refractivity contribution in [1.29, 1.82) is 0 Å². The van der Waals surface area contributed by atoms with Gasteiger partial charge < -0.3 is 4.74 Å². The van der Waals surface area contributed by atoms with Gasteiger partial charge in [-0.2, -0.15) is 0 Å². The molecule has 0 radical (unpaired) electrons. The van der Waals surface area contributed by atoms with Gasteiger partial charge in [0.2, 0.25) is 5.91 Å². The quantitative estimate of drug-likeness (QED) is 0.809. The predicted molar refractivity (Wildman–Crippen MR) is 85.4 cm³/mol. The highest BCUT2D eigenvalue weighted by Crippen LogP contribution is 2.48. The van der Waals surface area contributed by atoms with Crippen LogP contribution in [0.5, 0.6) is 0 Å². The first-order valence-corrected chi connectivity index (χ1v) is 7.78. The first-order valence-electron chi connectivity index (χ1n) is 6.96. The smallest absolute Gasteiger partial charge is 0.306 e. The Labute approximate surface area is 133 Å². The van der Waals surface area contributed by atoms with Gasteiger partial charge in [-0.05, 0) is 24.3 Å². The molecule has 0 unspecified atom stereocenters. The van der Waals surface area contributed by atoms with E-state index in [0.29, 0.717) is 0 Å². The number of para-hydroxylation sites is 2. The maximum Gasteiger partial charge on any atom is 0.306 e. The normalized spacial score (nSPS) is 12.3. The van der Waals surface area contributed by atoms with E-state index in [1.165, 1.54) is 7.11 Å². The molecule has 0 spiro atoms. The molecule has 1 heterocycles. The Hall–Kier alpha value is -2.27. The second kappa shape index (κ2) is 6.23. The van der Waals surface area contributed by atoms with E-state index in [1.807, 2.05) is 48.5 Å². The minimum absolute atomic E-state index is 0.0866. The van der Waals surface area contributed by atoms with Crippen molar-refractivity contribution in [3.05, 3.63) is 48.5 Å². The molecule has 2 aromatic carbocycles. The zero-order valence-electron chi connectivity index (χ0n) is 12.1. The van der Waals surface area contributed by atoms with Crippen LogP contribution in [0.25, 0.3) is 0 Å². The summed E-state index contributed by atoms with van der Waals surface area (Å²) in [5, 5.41) is 0. The molecule has 2 aromatic rings. The van der Waals surface area contributed by atoms with Gasteiger partial charge >= 0.3 is 5.97 Å². The molecule has 1 aliphatic rings. The lowest BCUT2D eigenvalue weighted by molar-refractivity contribution is -0.141. The number of rotatable bonds is 3. The molecular formula is C17H15NO3S. The van der Waals surface area contributed by atoms with Gasteiger partial charge in [0.15, 0.2) is 0 Å². The van der Waals surface area contributed by atoms with Gasteiger partial charge in [0.25, 0.3) is 0 Å². The number of hydrogen-bond donors (Lipinski definition) is 0. The van der Waals surface area contributed by atoms with Crippen LogP contribution >= 0.6 is 11.8 Å². The summed E-state index contributed by atoms with van der Waals surface area (Å²) in [5.41, 5.74) is 1.72. The number of esters is 1. The van der Waals surface area contributed by atoms with E-state index in [-0.39, 0.29) is 24.7 Å². The van der Waals surface area contributed by atoms with Gasteiger partial charge in [0, 0.05) is 16.2 Å². The number of ether oxygens (including phenoxy) is 1. The molecule has 112 valence electrons. The molecule has 0 atom stereocenters. The van der Waals surface area contributed by atoms with Gasteiger partial charge in [0.05, 0.1) is 24.9 Å². The topological polar surface area (TPSA) is 46.6 Å². The minimum Gasteiger partial charge on any atom is -0.469 e. The standard InChI is InChI=1S/C17H15NO3S/c1-21-17(20)11-10-16(19)18-12-6-2-4-8-14(12)22-15-9-5-3-7-13(15)18/h2-9H,10-11H2,1H3. The van der Waals surface area contributed by atoms with E-state index in [2.05, 4.69) is 4.74 Å². The second-order valence-corrected chi connectivity index (χ2v) is 5.93. The molecule has 0 saturated carbocycles. The highest BCUT2D eigenvalue weighted by molar-refractivity contribution is 7.99. The van der Waals surface area contributed by atoms with E-state index < -0.39 is 0 Å². The first-order chi connectivity index (χ1) is 10.7. The molecule has 3 rings (SSSR count). The van der Waals surface area contributed by atoms with Gasteiger partial charge in [-0.25, -0.2) is 0 Å². The second-order valence-electron chi connectivity index (χ2n) is 4.84. The summed E-state index contributed by atoms with van der Waals surface area (Å²) in [6.07, 6.45) is 0.212. The molecule has 0 N–H and O–H groups in total. The predicted octanol–water partition coefficient (Wildman–Crippen LogP) is 3.77. The number of hydrogen-bond acceptors (Lipinski definition) is 4. The van der Waals surface area contributed by atoms with Crippen LogP contribution in [0.4, 0.5) is 11.4 Å². The number of nitrogens with zero attached hydrogens (tertiary/aromatic N) is 1. The van der Waals surface area contributed by atoms with Crippen molar-refractivity contribution in [3.8, 4) is 0 Å². The van der Waals surface area contributed by atoms with E-state index >= 15 is 0 Å². The molecule has 0 aliphatic carbocycles. The fraction of sp³-hybridized carbons (Fsp3) is 0.176. The van der Waals surface area contributed by atoms with Crippen molar-refractivity contribution in [3.63, 3.8) is 0 Å². The fourth-order valence-corrected chi connectivity index (χ4v) is 3.45. The first kappa shape index (κ1) is 14.7. The Kier molecular flexibility index (Phi) is 4.15. The number of carbonyl (C=O) groups excluding carboxylic acids is 2. The summed E-state index contributed by atoms with van der Waals surface area (Å²) < 4.78 is 4.61. The minimum atomic E-state index is -0.374. The molecule has 0 fully saturated rings. The fourth-order valence-electron chi connectivity index (χ4n) is 2.40. The number of amides is 1. The highest BCUT2D eigenvalue weighted by atomic mass is 32.2. The third kappa shape index (κ3) is 2.72. The van der Waals surface area contributed by atoms with Crippen molar-refractivity contribution in [2.45, 2.75) is 22.6 Å². The third-order valence-corrected chi connectivity index (χ3v) is 4.58. The average Bonchev–Trinajstić information content (AvgIpc) is 2.57. The Morgan fingerprint density at radius 1 is 0.955 bits per heavy atom. The van der Waals surface area contributed by atoms with Gasteiger partial charge in [-0.15, -0.1) is 0 Å². The number of benzene rings is 2. The number of methoxy groups -OCH3 is 1. The zero-order chi connectivity index (χ0) is 15.5. The molecule has 0 saturated heterocycles. The summed E-state index contributed by atoms with van der Waals surface area (Å²) >= 11 is 1.65. The molecule has 22 heavy (non-hydrogen) atoms. The third-order valence-electron chi connectivity index (χ3n) is 3.45. The van der Waals surface area contributed by atoms with Crippen LogP contribution < -0.4 is 4.90 Å². The molecule has 0 bridgehead atoms. The van der Waals surface area contributed by atoms with E-state index in [9.17, 15) is 9.59 Å². The van der Waals surface area contributed by atoms with E-state index in [0.717, 1.165) is 21.2 Å². The molecule has 1 amide bonds. The van der Waals surface area contributed by atoms with Crippen LogP contribution in [0.3, 0.4) is 0 Å². The molecule has 4 nitrogen and oxygen atoms in total. The molecular weight excluding hydrogens is 298 g/mol. The summed E-state index contributed by atoms with van der Waals surface area (Å²) in [5.74, 6) is -0.480. The van der Waals surface area contributed by atoms with Crippen LogP contribution in [-0.2, 0) is 14.3 Å². The van der Waals surface area contributed by atoms with Gasteiger partial charge in [-0.3, -0.25) is 14.5 Å². The maximum absolute atomic E-state index is 12.7. The summed E-state index contributed by atoms with van der Waals surface area (Å²) in [7, 11) is 1.33. The largest absolute Gasteiger partial charge is 0.469 e. The van der Waals surface area contributed by atoms with Gasteiger partial charge in [0.1, 0.15) is 0 Å². The van der Waals surface area contributed by atoms with Crippen molar-refractivity contribution in [2.75, 3.05) is 12.0 Å². The van der Waals surface area contributed by atoms with Crippen LogP contribution in [0.1, 0.15) is 12.8 Å². The molecule has 0 aromatic heterocycles. The van der Waals surface area contributed by atoms with Crippen LogP contribution in [0.2, 0.25) is 0 Å². The van der Waals surface area contributed by atoms with Crippen LogP contribution in [-0.4, -0.2) is 19.0 Å². The lowest BCUT2D eigenvalue weighted by Crippen LogP contribution is -2.28. The Morgan fingerprint density at radius 3 is 2.05 bits per heavy atom. The van der Waals surface area contributed by atoms with Crippen molar-refractivity contribution < 1.29 is 14.3 Å². The van der Waals surface area contributed by atoms with E-state index in [1.54, 1.807) is 16.7 Å². The summed E-state index contributed by atoms with van der Waals surface area (Å²) in [4.78, 5) is 27.7. The highest BCUT2D eigenvalue weighted by Gasteiger charge is 2.27. The summed E-state index contributed by atoms with van der Waals surface area (Å²) in [6, 6.07) is 15.6. The average molecular weight is 313 g/mol. The Morgan fingerprint density at radius 2 is 1.50 bits per heavy atom. The van der Waals surface area contributed by atoms with Crippen molar-refractivity contribution >= 4 is 35.0 Å².